The highest BCUT2D eigenvalue weighted by atomic mass is 16.5. The van der Waals surface area contributed by atoms with E-state index in [-0.39, 0.29) is 13.2 Å². The van der Waals surface area contributed by atoms with Gasteiger partial charge in [0, 0.05) is 5.56 Å². The van der Waals surface area contributed by atoms with E-state index in [4.69, 9.17) is 28.8 Å². The molecule has 7 nitrogen and oxygen atoms in total. The number of ether oxygens (including phenoxy) is 5. The van der Waals surface area contributed by atoms with Crippen molar-refractivity contribution in [3.63, 3.8) is 0 Å². The minimum Gasteiger partial charge on any atom is -0.494 e. The van der Waals surface area contributed by atoms with Crippen LogP contribution < -0.4 is 14.2 Å². The summed E-state index contributed by atoms with van der Waals surface area (Å²) in [5.74, 6) is 1.56. The van der Waals surface area contributed by atoms with E-state index in [9.17, 15) is 4.79 Å². The molecule has 55 heavy (non-hydrogen) atoms. The van der Waals surface area contributed by atoms with Gasteiger partial charge in [0.1, 0.15) is 30.5 Å². The Morgan fingerprint density at radius 2 is 0.855 bits per heavy atom. The van der Waals surface area contributed by atoms with Crippen molar-refractivity contribution in [1.82, 2.24) is 0 Å². The summed E-state index contributed by atoms with van der Waals surface area (Å²) in [7, 11) is 0. The van der Waals surface area contributed by atoms with E-state index in [0.29, 0.717) is 19.8 Å². The van der Waals surface area contributed by atoms with Crippen LogP contribution in [0.1, 0.15) is 142 Å². The van der Waals surface area contributed by atoms with E-state index in [1.54, 1.807) is 0 Å². The highest BCUT2D eigenvalue weighted by molar-refractivity contribution is 5.77. The lowest BCUT2D eigenvalue weighted by Crippen LogP contribution is -2.14. The van der Waals surface area contributed by atoms with Crippen LogP contribution in [-0.4, -0.2) is 57.3 Å². The summed E-state index contributed by atoms with van der Waals surface area (Å²) in [6.45, 7) is 6.93. The van der Waals surface area contributed by atoms with Gasteiger partial charge in [0.15, 0.2) is 0 Å². The van der Waals surface area contributed by atoms with Gasteiger partial charge < -0.3 is 28.8 Å². The molecule has 3 rings (SSSR count). The maximum absolute atomic E-state index is 10.7. The summed E-state index contributed by atoms with van der Waals surface area (Å²) >= 11 is 0. The minimum absolute atomic E-state index is 0.222. The fraction of sp³-hybridized carbons (Fsp3) is 0.604. The minimum atomic E-state index is -0.990. The van der Waals surface area contributed by atoms with Gasteiger partial charge in [-0.1, -0.05) is 166 Å². The lowest BCUT2D eigenvalue weighted by atomic mass is 9.99. The second kappa shape index (κ2) is 30.6. The summed E-state index contributed by atoms with van der Waals surface area (Å²) in [6, 6.07) is 22.9. The van der Waals surface area contributed by atoms with E-state index in [1.807, 2.05) is 12.1 Å². The maximum Gasteiger partial charge on any atom is 0.329 e. The lowest BCUT2D eigenvalue weighted by molar-refractivity contribution is -0.142. The Labute approximate surface area is 333 Å². The monoisotopic (exact) mass is 761 g/mol. The second-order valence-corrected chi connectivity index (χ2v) is 14.7. The van der Waals surface area contributed by atoms with E-state index >= 15 is 0 Å². The van der Waals surface area contributed by atoms with Crippen molar-refractivity contribution >= 4 is 5.97 Å². The molecule has 1 N–H and O–H groups in total. The van der Waals surface area contributed by atoms with Crippen LogP contribution in [0.4, 0.5) is 0 Å². The van der Waals surface area contributed by atoms with Gasteiger partial charge in [-0.05, 0) is 59.9 Å². The molecule has 0 atom stereocenters. The number of carboxylic acids is 1. The predicted octanol–water partition coefficient (Wildman–Crippen LogP) is 13.1. The van der Waals surface area contributed by atoms with E-state index in [1.165, 1.54) is 116 Å². The number of carboxylic acid groups (broad SMARTS) is 1. The summed E-state index contributed by atoms with van der Waals surface area (Å²) in [6.07, 6.45) is 26.2. The van der Waals surface area contributed by atoms with Gasteiger partial charge in [0.2, 0.25) is 0 Å². The molecular formula is C48H72O7. The Balaban J connectivity index is 1.49. The van der Waals surface area contributed by atoms with Crippen molar-refractivity contribution in [2.45, 2.75) is 142 Å². The number of aliphatic carboxylic acids is 1. The third-order valence-corrected chi connectivity index (χ3v) is 9.95. The van der Waals surface area contributed by atoms with Gasteiger partial charge in [-0.15, -0.1) is 0 Å². The molecule has 0 amide bonds. The molecule has 0 spiro atoms. The first-order valence-corrected chi connectivity index (χ1v) is 21.7. The molecule has 0 aliphatic heterocycles. The van der Waals surface area contributed by atoms with Crippen molar-refractivity contribution in [1.29, 1.82) is 0 Å². The molecule has 0 radical (unpaired) electrons. The summed E-state index contributed by atoms with van der Waals surface area (Å²) in [5, 5.41) is 8.74. The first-order valence-electron chi connectivity index (χ1n) is 21.7. The van der Waals surface area contributed by atoms with Crippen LogP contribution in [0.5, 0.6) is 17.2 Å². The number of hydrogen-bond donors (Lipinski definition) is 1. The predicted molar refractivity (Wildman–Crippen MR) is 227 cm³/mol. The highest BCUT2D eigenvalue weighted by Crippen LogP contribution is 2.36. The van der Waals surface area contributed by atoms with Crippen LogP contribution in [0.3, 0.4) is 0 Å². The second-order valence-electron chi connectivity index (χ2n) is 14.7. The zero-order valence-electron chi connectivity index (χ0n) is 34.3. The van der Waals surface area contributed by atoms with Gasteiger partial charge in [-0.25, -0.2) is 4.79 Å². The van der Waals surface area contributed by atoms with Crippen LogP contribution in [0.2, 0.25) is 0 Å². The summed E-state index contributed by atoms with van der Waals surface area (Å²) < 4.78 is 29.1. The van der Waals surface area contributed by atoms with Crippen LogP contribution >= 0.6 is 0 Å². The highest BCUT2D eigenvalue weighted by Gasteiger charge is 2.11. The molecule has 306 valence electrons. The standard InChI is InChI=1S/C48H72O7/c1-3-5-7-9-11-13-15-17-19-21-33-53-44-28-23-41(24-29-44)43-27-32-46(47(39-43)55-38-37-51-35-36-52-40-48(49)50)42-25-30-45(31-26-42)54-34-22-20-18-16-14-12-10-8-6-4-2/h23-32,39H,3-22,33-38,40H2,1-2H3,(H,49,50). The van der Waals surface area contributed by atoms with Gasteiger partial charge in [0.25, 0.3) is 0 Å². The third kappa shape index (κ3) is 21.4. The van der Waals surface area contributed by atoms with Crippen molar-refractivity contribution < 1.29 is 33.6 Å². The molecule has 0 aliphatic carbocycles. The molecule has 7 heteroatoms. The van der Waals surface area contributed by atoms with Gasteiger partial charge in [0.05, 0.1) is 33.0 Å². The SMILES string of the molecule is CCCCCCCCCCCCOc1ccc(-c2ccc(-c3ccc(OCCCCCCCCCCCC)cc3)c(OCCOCCOCC(=O)O)c2)cc1. The topological polar surface area (TPSA) is 83.5 Å². The molecule has 3 aromatic carbocycles. The number of benzene rings is 3. The van der Waals surface area contributed by atoms with E-state index < -0.39 is 5.97 Å². The first-order chi connectivity index (χ1) is 27.1. The van der Waals surface area contributed by atoms with Crippen LogP contribution in [0, 0.1) is 0 Å². The van der Waals surface area contributed by atoms with E-state index in [2.05, 4.69) is 68.4 Å². The molecule has 0 saturated carbocycles. The smallest absolute Gasteiger partial charge is 0.329 e. The van der Waals surface area contributed by atoms with Gasteiger partial charge in [-0.3, -0.25) is 0 Å². The van der Waals surface area contributed by atoms with Crippen LogP contribution in [0.25, 0.3) is 22.3 Å². The molecule has 3 aromatic rings. The number of carbonyl (C=O) groups is 1. The number of unbranched alkanes of at least 4 members (excludes halogenated alkanes) is 18. The average Bonchev–Trinajstić information content (AvgIpc) is 3.20. The molecule has 0 unspecified atom stereocenters. The zero-order chi connectivity index (χ0) is 39.0. The molecular weight excluding hydrogens is 689 g/mol. The fourth-order valence-corrected chi connectivity index (χ4v) is 6.68. The third-order valence-electron chi connectivity index (χ3n) is 9.95. The molecule has 0 aliphatic rings. The van der Waals surface area contributed by atoms with Crippen LogP contribution in [-0.2, 0) is 14.3 Å². The lowest BCUT2D eigenvalue weighted by Gasteiger charge is -2.15. The van der Waals surface area contributed by atoms with Crippen LogP contribution in [0.15, 0.2) is 66.7 Å². The maximum atomic E-state index is 10.7. The number of hydrogen-bond acceptors (Lipinski definition) is 6. The summed E-state index contributed by atoms with van der Waals surface area (Å²) in [4.78, 5) is 10.7. The first kappa shape index (κ1) is 45.8. The van der Waals surface area contributed by atoms with Crippen molar-refractivity contribution in [2.24, 2.45) is 0 Å². The Bertz CT molecular complexity index is 1370. The Hall–Kier alpha value is -3.55. The fourth-order valence-electron chi connectivity index (χ4n) is 6.68. The van der Waals surface area contributed by atoms with Crippen molar-refractivity contribution in [3.8, 4) is 39.5 Å². The van der Waals surface area contributed by atoms with Crippen molar-refractivity contribution in [3.05, 3.63) is 66.7 Å². The quantitative estimate of drug-likeness (QED) is 0.0598. The zero-order valence-corrected chi connectivity index (χ0v) is 34.3. The molecule has 0 saturated heterocycles. The normalized spacial score (nSPS) is 11.2. The Morgan fingerprint density at radius 1 is 0.436 bits per heavy atom. The molecule has 0 fully saturated rings. The van der Waals surface area contributed by atoms with Crippen molar-refractivity contribution in [2.75, 3.05) is 46.2 Å². The largest absolute Gasteiger partial charge is 0.494 e. The average molecular weight is 761 g/mol. The molecule has 0 aromatic heterocycles. The summed E-state index contributed by atoms with van der Waals surface area (Å²) in [5.41, 5.74) is 4.18. The van der Waals surface area contributed by atoms with Gasteiger partial charge >= 0.3 is 5.97 Å². The van der Waals surface area contributed by atoms with Gasteiger partial charge in [-0.2, -0.15) is 0 Å². The molecule has 0 heterocycles. The number of rotatable bonds is 35. The Morgan fingerprint density at radius 3 is 1.35 bits per heavy atom. The molecule has 0 bridgehead atoms. The van der Waals surface area contributed by atoms with E-state index in [0.717, 1.165) is 65.6 Å². The Kier molecular flexibility index (Phi) is 25.5.